The molecule has 21 heavy (non-hydrogen) atoms. The molecule has 0 spiro atoms. The summed E-state index contributed by atoms with van der Waals surface area (Å²) < 4.78 is 0. The molecule has 1 aliphatic heterocycles. The van der Waals surface area contributed by atoms with Crippen molar-refractivity contribution in [1.82, 2.24) is 0 Å². The summed E-state index contributed by atoms with van der Waals surface area (Å²) in [5.74, 6) is 1.14. The van der Waals surface area contributed by atoms with Crippen LogP contribution in [0.2, 0.25) is 0 Å². The molecule has 1 aliphatic rings. The van der Waals surface area contributed by atoms with Gasteiger partial charge < -0.3 is 10.3 Å². The van der Waals surface area contributed by atoms with Gasteiger partial charge in [-0.05, 0) is 41.5 Å². The summed E-state index contributed by atoms with van der Waals surface area (Å²) in [6.45, 7) is 8.99. The fraction of sp³-hybridized carbons (Fsp3) is 0.421. The maximum atomic E-state index is 7.64. The summed E-state index contributed by atoms with van der Waals surface area (Å²) in [5, 5.41) is 7.64. The van der Waals surface area contributed by atoms with Crippen molar-refractivity contribution in [2.75, 3.05) is 4.90 Å². The van der Waals surface area contributed by atoms with E-state index in [1.807, 2.05) is 12.2 Å². The van der Waals surface area contributed by atoms with E-state index in [1.165, 1.54) is 23.0 Å². The maximum absolute atomic E-state index is 7.64. The minimum atomic E-state index is 0.0171. The van der Waals surface area contributed by atoms with Gasteiger partial charge in [0.05, 0.1) is 6.04 Å². The van der Waals surface area contributed by atoms with Crippen LogP contribution in [0.15, 0.2) is 42.6 Å². The second-order valence-corrected chi connectivity index (χ2v) is 6.44. The first-order valence-corrected chi connectivity index (χ1v) is 7.79. The van der Waals surface area contributed by atoms with Crippen LogP contribution in [-0.2, 0) is 6.42 Å². The highest BCUT2D eigenvalue weighted by Crippen LogP contribution is 2.31. The summed E-state index contributed by atoms with van der Waals surface area (Å²) in [7, 11) is 0. The Balaban J connectivity index is 2.40. The summed E-state index contributed by atoms with van der Waals surface area (Å²) in [6.07, 6.45) is 10.8. The highest BCUT2D eigenvalue weighted by molar-refractivity contribution is 5.75. The number of nitrogens with one attached hydrogen (secondary N) is 1. The number of hydrogen-bond acceptors (Lipinski definition) is 2. The molecule has 0 fully saturated rings. The predicted octanol–water partition coefficient (Wildman–Crippen LogP) is 4.92. The number of allylic oxidation sites excluding steroid dienone is 2. The lowest BCUT2D eigenvalue weighted by Crippen LogP contribution is -2.32. The molecular weight excluding hydrogens is 256 g/mol. The number of rotatable bonds is 5. The number of hydrogen-bond donors (Lipinski definition) is 1. The topological polar surface area (TPSA) is 27.1 Å². The van der Waals surface area contributed by atoms with Gasteiger partial charge in [0.25, 0.3) is 0 Å². The molecule has 2 nitrogen and oxygen atoms in total. The van der Waals surface area contributed by atoms with Crippen molar-refractivity contribution in [3.8, 4) is 0 Å². The van der Waals surface area contributed by atoms with Crippen LogP contribution >= 0.6 is 0 Å². The highest BCUT2D eigenvalue weighted by Gasteiger charge is 2.19. The minimum absolute atomic E-state index is 0.0171. The van der Waals surface area contributed by atoms with Crippen molar-refractivity contribution < 1.29 is 0 Å². The Labute approximate surface area is 128 Å². The molecule has 0 radical (unpaired) electrons. The fourth-order valence-electron chi connectivity index (χ4n) is 2.79. The largest absolute Gasteiger partial charge is 0.336 e. The van der Waals surface area contributed by atoms with Crippen molar-refractivity contribution in [2.24, 2.45) is 5.92 Å². The summed E-state index contributed by atoms with van der Waals surface area (Å²) in [5.41, 5.74) is 3.98. The lowest BCUT2D eigenvalue weighted by molar-refractivity contribution is 0.646. The van der Waals surface area contributed by atoms with E-state index >= 15 is 0 Å². The number of benzene rings is 1. The van der Waals surface area contributed by atoms with E-state index in [-0.39, 0.29) is 6.04 Å². The van der Waals surface area contributed by atoms with Gasteiger partial charge in [-0.2, -0.15) is 0 Å². The van der Waals surface area contributed by atoms with Gasteiger partial charge in [0, 0.05) is 18.1 Å². The zero-order valence-electron chi connectivity index (χ0n) is 13.5. The molecule has 0 saturated heterocycles. The quantitative estimate of drug-likeness (QED) is 0.763. The van der Waals surface area contributed by atoms with Crippen molar-refractivity contribution in [2.45, 2.75) is 46.1 Å². The van der Waals surface area contributed by atoms with E-state index < -0.39 is 0 Å². The summed E-state index contributed by atoms with van der Waals surface area (Å²) >= 11 is 0. The Morgan fingerprint density at radius 3 is 2.57 bits per heavy atom. The van der Waals surface area contributed by atoms with Gasteiger partial charge in [-0.25, -0.2) is 0 Å². The van der Waals surface area contributed by atoms with E-state index in [9.17, 15) is 0 Å². The molecule has 112 valence electrons. The minimum Gasteiger partial charge on any atom is -0.336 e. The van der Waals surface area contributed by atoms with Crippen molar-refractivity contribution in [3.63, 3.8) is 0 Å². The third-order valence-corrected chi connectivity index (χ3v) is 3.79. The number of anilines is 1. The van der Waals surface area contributed by atoms with Gasteiger partial charge in [-0.1, -0.05) is 52.0 Å². The van der Waals surface area contributed by atoms with Crippen LogP contribution in [0.25, 0.3) is 0 Å². The fourth-order valence-corrected chi connectivity index (χ4v) is 2.79. The monoisotopic (exact) mass is 282 g/mol. The Morgan fingerprint density at radius 2 is 1.95 bits per heavy atom. The van der Waals surface area contributed by atoms with Gasteiger partial charge >= 0.3 is 0 Å². The van der Waals surface area contributed by atoms with Crippen molar-refractivity contribution >= 4 is 11.9 Å². The average Bonchev–Trinajstić information content (AvgIpc) is 2.46. The first-order valence-electron chi connectivity index (χ1n) is 7.79. The van der Waals surface area contributed by atoms with E-state index in [0.717, 1.165) is 6.42 Å². The molecule has 0 bridgehead atoms. The molecule has 2 heteroatoms. The zero-order chi connectivity index (χ0) is 15.4. The van der Waals surface area contributed by atoms with Crippen molar-refractivity contribution in [3.05, 3.63) is 53.8 Å². The summed E-state index contributed by atoms with van der Waals surface area (Å²) in [6, 6.07) is 6.80. The lowest BCUT2D eigenvalue weighted by atomic mass is 9.94. The molecular formula is C19H26N2. The smallest absolute Gasteiger partial charge is 0.0867 e. The van der Waals surface area contributed by atoms with Gasteiger partial charge in [0.15, 0.2) is 0 Å². The molecule has 0 amide bonds. The SMILES string of the molecule is CC(C)Cc1ccc(N2C=CC=CC2C=N)c(C(C)C)c1. The Kier molecular flexibility index (Phi) is 5.00. The van der Waals surface area contributed by atoms with Crippen LogP contribution in [0.3, 0.4) is 0 Å². The van der Waals surface area contributed by atoms with Gasteiger partial charge in [-0.15, -0.1) is 0 Å². The second-order valence-electron chi connectivity index (χ2n) is 6.44. The van der Waals surface area contributed by atoms with E-state index in [2.05, 4.69) is 63.1 Å². The molecule has 1 unspecified atom stereocenters. The van der Waals surface area contributed by atoms with Crippen LogP contribution in [-0.4, -0.2) is 12.3 Å². The zero-order valence-corrected chi connectivity index (χ0v) is 13.5. The van der Waals surface area contributed by atoms with Crippen LogP contribution < -0.4 is 4.90 Å². The maximum Gasteiger partial charge on any atom is 0.0867 e. The van der Waals surface area contributed by atoms with Gasteiger partial charge in [0.2, 0.25) is 0 Å². The molecule has 0 aliphatic carbocycles. The van der Waals surface area contributed by atoms with Crippen molar-refractivity contribution in [1.29, 1.82) is 5.41 Å². The van der Waals surface area contributed by atoms with Crippen LogP contribution in [0.4, 0.5) is 5.69 Å². The first kappa shape index (κ1) is 15.6. The van der Waals surface area contributed by atoms with Crippen LogP contribution in [0, 0.1) is 11.3 Å². The van der Waals surface area contributed by atoms with E-state index in [0.29, 0.717) is 11.8 Å². The number of nitrogens with zero attached hydrogens (tertiary/aromatic N) is 1. The second kappa shape index (κ2) is 6.75. The normalized spacial score (nSPS) is 17.8. The molecule has 1 N–H and O–H groups in total. The lowest BCUT2D eigenvalue weighted by Gasteiger charge is -2.31. The van der Waals surface area contributed by atoms with E-state index in [4.69, 9.17) is 5.41 Å². The first-order chi connectivity index (χ1) is 10.0. The Bertz CT molecular complexity index is 553. The van der Waals surface area contributed by atoms with Crippen LogP contribution in [0.1, 0.15) is 44.7 Å². The highest BCUT2D eigenvalue weighted by atomic mass is 15.1. The van der Waals surface area contributed by atoms with Crippen LogP contribution in [0.5, 0.6) is 0 Å². The van der Waals surface area contributed by atoms with E-state index in [1.54, 1.807) is 0 Å². The summed E-state index contributed by atoms with van der Waals surface area (Å²) in [4.78, 5) is 2.18. The molecule has 1 heterocycles. The Morgan fingerprint density at radius 1 is 1.19 bits per heavy atom. The average molecular weight is 282 g/mol. The molecule has 0 saturated carbocycles. The van der Waals surface area contributed by atoms with Gasteiger partial charge in [0.1, 0.15) is 0 Å². The molecule has 0 aromatic heterocycles. The third kappa shape index (κ3) is 3.63. The third-order valence-electron chi connectivity index (χ3n) is 3.79. The molecule has 1 aromatic rings. The predicted molar refractivity (Wildman–Crippen MR) is 92.4 cm³/mol. The standard InChI is InChI=1S/C19H26N2/c1-14(2)11-16-8-9-19(18(12-16)15(3)4)21-10-6-5-7-17(21)13-20/h5-10,12-15,17,20H,11H2,1-4H3. The molecule has 1 atom stereocenters. The molecule has 1 aromatic carbocycles. The van der Waals surface area contributed by atoms with Gasteiger partial charge in [-0.3, -0.25) is 0 Å². The molecule has 2 rings (SSSR count). The Hall–Kier alpha value is -1.83.